The minimum Gasteiger partial charge on any atom is -0.481 e. The van der Waals surface area contributed by atoms with Gasteiger partial charge in [-0.15, -0.1) is 0 Å². The third kappa shape index (κ3) is 6.50. The highest BCUT2D eigenvalue weighted by molar-refractivity contribution is 5.76. The van der Waals surface area contributed by atoms with Crippen LogP contribution < -0.4 is 5.32 Å². The fourth-order valence-electron chi connectivity index (χ4n) is 1.77. The third-order valence-electron chi connectivity index (χ3n) is 2.84. The second-order valence-electron chi connectivity index (χ2n) is 4.73. The van der Waals surface area contributed by atoms with Crippen LogP contribution in [0.25, 0.3) is 0 Å². The van der Waals surface area contributed by atoms with Gasteiger partial charge in [0.15, 0.2) is 0 Å². The lowest BCUT2D eigenvalue weighted by molar-refractivity contribution is -0.389. The molecule has 0 bridgehead atoms. The average molecular weight is 298 g/mol. The van der Waals surface area contributed by atoms with Crippen molar-refractivity contribution in [2.45, 2.75) is 45.2 Å². The number of amides is 1. The predicted octanol–water partition coefficient (Wildman–Crippen LogP) is 0.941. The number of carbonyl (C=O) groups is 2. The molecule has 0 aliphatic heterocycles. The lowest BCUT2D eigenvalue weighted by atomic mass is 10.1. The Hall–Kier alpha value is -2.45. The van der Waals surface area contributed by atoms with E-state index in [1.54, 1.807) is 0 Å². The number of aliphatic carboxylic acids is 1. The summed E-state index contributed by atoms with van der Waals surface area (Å²) in [5, 5.41) is 21.7. The first-order chi connectivity index (χ1) is 9.88. The third-order valence-corrected chi connectivity index (χ3v) is 2.84. The number of nitrogens with zero attached hydrogens (tertiary/aromatic N) is 3. The molecular weight excluding hydrogens is 280 g/mol. The number of carboxylic acids is 1. The monoisotopic (exact) mass is 298 g/mol. The van der Waals surface area contributed by atoms with Gasteiger partial charge in [-0.05, 0) is 29.7 Å². The number of aryl methyl sites for hydroxylation is 1. The minimum absolute atomic E-state index is 0.0823. The molecule has 1 heterocycles. The zero-order valence-corrected chi connectivity index (χ0v) is 11.7. The number of rotatable bonds is 9. The van der Waals surface area contributed by atoms with E-state index in [0.29, 0.717) is 19.4 Å². The van der Waals surface area contributed by atoms with Gasteiger partial charge in [-0.2, -0.15) is 0 Å². The molecule has 116 valence electrons. The van der Waals surface area contributed by atoms with Gasteiger partial charge in [0.2, 0.25) is 12.2 Å². The highest BCUT2D eigenvalue weighted by Gasteiger charge is 2.12. The Kier molecular flexibility index (Phi) is 6.31. The molecule has 1 atom stereocenters. The summed E-state index contributed by atoms with van der Waals surface area (Å²) in [6.45, 7) is 2.11. The summed E-state index contributed by atoms with van der Waals surface area (Å²) in [7, 11) is 0. The molecular formula is C12H18N4O5. The molecule has 0 aromatic carbocycles. The van der Waals surface area contributed by atoms with E-state index in [1.165, 1.54) is 17.1 Å². The molecule has 21 heavy (non-hydrogen) atoms. The van der Waals surface area contributed by atoms with E-state index < -0.39 is 10.9 Å². The number of hydrogen-bond acceptors (Lipinski definition) is 5. The van der Waals surface area contributed by atoms with E-state index >= 15 is 0 Å². The van der Waals surface area contributed by atoms with Gasteiger partial charge in [0.25, 0.3) is 0 Å². The van der Waals surface area contributed by atoms with Gasteiger partial charge in [0.05, 0.1) is 0 Å². The van der Waals surface area contributed by atoms with E-state index in [2.05, 4.69) is 10.3 Å². The van der Waals surface area contributed by atoms with Gasteiger partial charge in [-0.1, -0.05) is 0 Å². The maximum Gasteiger partial charge on any atom is 0.381 e. The Morgan fingerprint density at radius 1 is 1.52 bits per heavy atom. The number of carbonyl (C=O) groups excluding carboxylic acids is 1. The first-order valence-electron chi connectivity index (χ1n) is 6.56. The summed E-state index contributed by atoms with van der Waals surface area (Å²) < 4.78 is 1.48. The Morgan fingerprint density at radius 3 is 2.81 bits per heavy atom. The van der Waals surface area contributed by atoms with Crippen molar-refractivity contribution in [3.63, 3.8) is 0 Å². The van der Waals surface area contributed by atoms with Crippen molar-refractivity contribution >= 4 is 17.7 Å². The van der Waals surface area contributed by atoms with Crippen LogP contribution in [0.3, 0.4) is 0 Å². The van der Waals surface area contributed by atoms with Crippen molar-refractivity contribution in [3.8, 4) is 0 Å². The van der Waals surface area contributed by atoms with Gasteiger partial charge in [0.1, 0.15) is 6.20 Å². The maximum absolute atomic E-state index is 11.7. The second-order valence-corrected chi connectivity index (χ2v) is 4.73. The van der Waals surface area contributed by atoms with Crippen LogP contribution in [-0.2, 0) is 16.1 Å². The Bertz CT molecular complexity index is 514. The summed E-state index contributed by atoms with van der Waals surface area (Å²) in [6, 6.07) is -0.103. The Morgan fingerprint density at radius 2 is 2.24 bits per heavy atom. The summed E-state index contributed by atoms with van der Waals surface area (Å²) in [4.78, 5) is 35.5. The molecule has 0 saturated heterocycles. The van der Waals surface area contributed by atoms with Crippen molar-refractivity contribution < 1.29 is 19.6 Å². The molecule has 1 rings (SSSR count). The van der Waals surface area contributed by atoms with Crippen LogP contribution in [0, 0.1) is 10.1 Å². The number of hydrogen-bond donors (Lipinski definition) is 2. The van der Waals surface area contributed by atoms with Crippen LogP contribution in [0.15, 0.2) is 12.5 Å². The zero-order valence-electron chi connectivity index (χ0n) is 11.7. The molecule has 1 unspecified atom stereocenters. The molecule has 2 N–H and O–H groups in total. The molecule has 1 amide bonds. The standard InChI is InChI=1S/C12H18N4O5/c1-9(3-2-4-12(18)19)14-11(17)5-6-15-7-10(13-8-15)16(20)21/h7-9H,2-6H2,1H3,(H,14,17)(H,18,19). The molecule has 9 heteroatoms. The topological polar surface area (TPSA) is 127 Å². The normalized spacial score (nSPS) is 11.9. The van der Waals surface area contributed by atoms with Crippen LogP contribution >= 0.6 is 0 Å². The SMILES string of the molecule is CC(CCCC(=O)O)NC(=O)CCn1cnc([N+](=O)[O-])c1. The maximum atomic E-state index is 11.7. The van der Waals surface area contributed by atoms with Crippen LogP contribution in [0.2, 0.25) is 0 Å². The van der Waals surface area contributed by atoms with Crippen molar-refractivity contribution in [1.82, 2.24) is 14.9 Å². The van der Waals surface area contributed by atoms with E-state index in [1.807, 2.05) is 6.92 Å². The van der Waals surface area contributed by atoms with Crippen LogP contribution in [0.4, 0.5) is 5.82 Å². The molecule has 1 aromatic rings. The number of imidazole rings is 1. The minimum atomic E-state index is -0.852. The smallest absolute Gasteiger partial charge is 0.381 e. The fraction of sp³-hybridized carbons (Fsp3) is 0.583. The van der Waals surface area contributed by atoms with E-state index in [4.69, 9.17) is 5.11 Å². The van der Waals surface area contributed by atoms with Gasteiger partial charge in [-0.3, -0.25) is 9.59 Å². The van der Waals surface area contributed by atoms with Crippen LogP contribution in [0.1, 0.15) is 32.6 Å². The summed E-state index contributed by atoms with van der Waals surface area (Å²) in [5.41, 5.74) is 0. The van der Waals surface area contributed by atoms with E-state index in [9.17, 15) is 19.7 Å². The van der Waals surface area contributed by atoms with E-state index in [-0.39, 0.29) is 30.6 Å². The van der Waals surface area contributed by atoms with E-state index in [0.717, 1.165) is 0 Å². The molecule has 1 aromatic heterocycles. The quantitative estimate of drug-likeness (QED) is 0.516. The van der Waals surface area contributed by atoms with Crippen molar-refractivity contribution in [2.24, 2.45) is 0 Å². The Labute approximate surface area is 121 Å². The highest BCUT2D eigenvalue weighted by Crippen LogP contribution is 2.06. The fourth-order valence-corrected chi connectivity index (χ4v) is 1.77. The van der Waals surface area contributed by atoms with Gasteiger partial charge < -0.3 is 25.1 Å². The first kappa shape index (κ1) is 16.6. The zero-order chi connectivity index (χ0) is 15.8. The summed E-state index contributed by atoms with van der Waals surface area (Å²) in [5.74, 6) is -1.29. The summed E-state index contributed by atoms with van der Waals surface area (Å²) in [6.07, 6.45) is 3.93. The van der Waals surface area contributed by atoms with Crippen molar-refractivity contribution in [1.29, 1.82) is 0 Å². The molecule has 0 aliphatic rings. The summed E-state index contributed by atoms with van der Waals surface area (Å²) >= 11 is 0. The van der Waals surface area contributed by atoms with Gasteiger partial charge >= 0.3 is 11.8 Å². The van der Waals surface area contributed by atoms with Crippen LogP contribution in [-0.4, -0.2) is 37.5 Å². The Balaban J connectivity index is 2.26. The highest BCUT2D eigenvalue weighted by atomic mass is 16.6. The van der Waals surface area contributed by atoms with Crippen molar-refractivity contribution in [2.75, 3.05) is 0 Å². The predicted molar refractivity (Wildman–Crippen MR) is 72.6 cm³/mol. The molecule has 0 aliphatic carbocycles. The lowest BCUT2D eigenvalue weighted by Crippen LogP contribution is -2.33. The largest absolute Gasteiger partial charge is 0.481 e. The molecule has 0 saturated carbocycles. The number of aromatic nitrogens is 2. The van der Waals surface area contributed by atoms with Gasteiger partial charge in [0, 0.05) is 25.4 Å². The number of nitro groups is 1. The second kappa shape index (κ2) is 7.98. The molecule has 0 radical (unpaired) electrons. The van der Waals surface area contributed by atoms with Gasteiger partial charge in [-0.25, -0.2) is 0 Å². The number of carboxylic acid groups (broad SMARTS) is 1. The number of nitrogens with one attached hydrogen (secondary N) is 1. The molecule has 9 nitrogen and oxygen atoms in total. The molecule has 0 fully saturated rings. The van der Waals surface area contributed by atoms with Crippen molar-refractivity contribution in [3.05, 3.63) is 22.6 Å². The first-order valence-corrected chi connectivity index (χ1v) is 6.56. The van der Waals surface area contributed by atoms with Crippen LogP contribution in [0.5, 0.6) is 0 Å². The lowest BCUT2D eigenvalue weighted by Gasteiger charge is -2.13. The average Bonchev–Trinajstić information content (AvgIpc) is 2.84. The molecule has 0 spiro atoms.